The normalized spacial score (nSPS) is 12.0. The molecule has 0 unspecified atom stereocenters. The molecule has 0 fully saturated rings. The summed E-state index contributed by atoms with van der Waals surface area (Å²) < 4.78 is 28.7. The van der Waals surface area contributed by atoms with E-state index in [1.54, 1.807) is 24.1 Å². The monoisotopic (exact) mass is 426 g/mol. The van der Waals surface area contributed by atoms with Gasteiger partial charge in [-0.05, 0) is 36.6 Å². The van der Waals surface area contributed by atoms with Gasteiger partial charge >= 0.3 is 0 Å². The molecule has 154 valence electrons. The number of halogens is 1. The molecule has 0 bridgehead atoms. The smallest absolute Gasteiger partial charge is 0.239 e. The Morgan fingerprint density at radius 3 is 2.46 bits per heavy atom. The van der Waals surface area contributed by atoms with Gasteiger partial charge in [0.05, 0.1) is 17.5 Å². The fourth-order valence-electron chi connectivity index (χ4n) is 2.63. The summed E-state index contributed by atoms with van der Waals surface area (Å²) in [6, 6.07) is 15.5. The standard InChI is InChI=1S/C20H26N2O4S.ClH/c1-22(20(23)19(21)14-16-8-4-3-5-9-16)12-7-13-26-17-10-6-11-18(15-17)27(2,24)25;/h3-6,8-11,15,19H,7,12-14,21H2,1-2H3;1H/t19-;/m0./s1. The second kappa shape index (κ2) is 11.0. The molecule has 0 aromatic heterocycles. The predicted molar refractivity (Wildman–Crippen MR) is 113 cm³/mol. The number of carbonyl (C=O) groups is 1. The van der Waals surface area contributed by atoms with Crippen molar-refractivity contribution in [2.45, 2.75) is 23.8 Å². The summed E-state index contributed by atoms with van der Waals surface area (Å²) in [5.74, 6) is 0.380. The number of rotatable bonds is 9. The Morgan fingerprint density at radius 1 is 1.14 bits per heavy atom. The highest BCUT2D eigenvalue weighted by Crippen LogP contribution is 2.17. The number of sulfone groups is 1. The molecule has 1 amide bonds. The third-order valence-electron chi connectivity index (χ3n) is 4.13. The largest absolute Gasteiger partial charge is 0.493 e. The Labute approximate surface area is 173 Å². The minimum atomic E-state index is -3.26. The lowest BCUT2D eigenvalue weighted by Crippen LogP contribution is -2.43. The maximum absolute atomic E-state index is 12.4. The SMILES string of the molecule is CN(CCCOc1cccc(S(C)(=O)=O)c1)C(=O)[C@@H](N)Cc1ccccc1.Cl. The topological polar surface area (TPSA) is 89.7 Å². The molecule has 0 aliphatic carbocycles. The van der Waals surface area contributed by atoms with Crippen molar-refractivity contribution in [1.29, 1.82) is 0 Å². The number of hydrogen-bond acceptors (Lipinski definition) is 5. The number of amides is 1. The van der Waals surface area contributed by atoms with Crippen molar-refractivity contribution in [3.63, 3.8) is 0 Å². The number of carbonyl (C=O) groups excluding carboxylic acids is 1. The first kappa shape index (κ1) is 23.9. The van der Waals surface area contributed by atoms with Gasteiger partial charge in [0.2, 0.25) is 5.91 Å². The second-order valence-corrected chi connectivity index (χ2v) is 8.52. The zero-order valence-corrected chi connectivity index (χ0v) is 17.7. The molecule has 0 spiro atoms. The number of ether oxygens (including phenoxy) is 1. The van der Waals surface area contributed by atoms with Crippen LogP contribution in [0.5, 0.6) is 5.75 Å². The Kier molecular flexibility index (Phi) is 9.45. The molecule has 2 aromatic carbocycles. The molecule has 6 nitrogen and oxygen atoms in total. The van der Waals surface area contributed by atoms with E-state index in [0.29, 0.717) is 31.7 Å². The number of benzene rings is 2. The Balaban J connectivity index is 0.00000392. The van der Waals surface area contributed by atoms with Gasteiger partial charge in [-0.25, -0.2) is 8.42 Å². The fraction of sp³-hybridized carbons (Fsp3) is 0.350. The van der Waals surface area contributed by atoms with Crippen molar-refractivity contribution >= 4 is 28.2 Å². The first-order chi connectivity index (χ1) is 12.8. The van der Waals surface area contributed by atoms with Crippen LogP contribution in [0.3, 0.4) is 0 Å². The van der Waals surface area contributed by atoms with Gasteiger partial charge in [0.1, 0.15) is 5.75 Å². The Hall–Kier alpha value is -2.09. The van der Waals surface area contributed by atoms with E-state index in [9.17, 15) is 13.2 Å². The van der Waals surface area contributed by atoms with Gasteiger partial charge in [-0.15, -0.1) is 12.4 Å². The number of nitrogens with two attached hydrogens (primary N) is 1. The van der Waals surface area contributed by atoms with E-state index in [1.165, 1.54) is 12.1 Å². The van der Waals surface area contributed by atoms with E-state index in [-0.39, 0.29) is 23.2 Å². The maximum Gasteiger partial charge on any atom is 0.239 e. The minimum absolute atomic E-state index is 0. The Morgan fingerprint density at radius 2 is 1.82 bits per heavy atom. The van der Waals surface area contributed by atoms with Crippen molar-refractivity contribution in [3.8, 4) is 5.75 Å². The van der Waals surface area contributed by atoms with Gasteiger partial charge in [0.25, 0.3) is 0 Å². The third kappa shape index (κ3) is 7.50. The van der Waals surface area contributed by atoms with Crippen molar-refractivity contribution in [1.82, 2.24) is 4.90 Å². The Bertz CT molecular complexity index is 860. The van der Waals surface area contributed by atoms with Crippen molar-refractivity contribution in [2.75, 3.05) is 26.5 Å². The number of hydrogen-bond donors (Lipinski definition) is 1. The van der Waals surface area contributed by atoms with Crippen LogP contribution in [-0.2, 0) is 21.1 Å². The van der Waals surface area contributed by atoms with Crippen molar-refractivity contribution in [3.05, 3.63) is 60.2 Å². The molecule has 2 N–H and O–H groups in total. The molecule has 28 heavy (non-hydrogen) atoms. The van der Waals surface area contributed by atoms with Crippen LogP contribution < -0.4 is 10.5 Å². The van der Waals surface area contributed by atoms with Gasteiger partial charge in [0, 0.05) is 19.8 Å². The van der Waals surface area contributed by atoms with Crippen LogP contribution in [-0.4, -0.2) is 51.7 Å². The lowest BCUT2D eigenvalue weighted by atomic mass is 10.1. The first-order valence-electron chi connectivity index (χ1n) is 8.75. The molecule has 0 aliphatic heterocycles. The van der Waals surface area contributed by atoms with Crippen LogP contribution >= 0.6 is 12.4 Å². The van der Waals surface area contributed by atoms with Crippen LogP contribution in [0.4, 0.5) is 0 Å². The molecule has 0 saturated heterocycles. The fourth-order valence-corrected chi connectivity index (χ4v) is 3.29. The summed E-state index contributed by atoms with van der Waals surface area (Å²) in [5, 5.41) is 0. The molecular formula is C20H27ClN2O4S. The van der Waals surface area contributed by atoms with Gasteiger partial charge in [-0.1, -0.05) is 36.4 Å². The van der Waals surface area contributed by atoms with Crippen LogP contribution in [0.2, 0.25) is 0 Å². The maximum atomic E-state index is 12.4. The van der Waals surface area contributed by atoms with E-state index in [1.807, 2.05) is 30.3 Å². The van der Waals surface area contributed by atoms with Gasteiger partial charge < -0.3 is 15.4 Å². The van der Waals surface area contributed by atoms with Crippen LogP contribution in [0.1, 0.15) is 12.0 Å². The third-order valence-corrected chi connectivity index (χ3v) is 5.24. The molecule has 2 aromatic rings. The number of likely N-dealkylation sites (N-methyl/N-ethyl adjacent to an activating group) is 1. The summed E-state index contributed by atoms with van der Waals surface area (Å²) in [7, 11) is -1.54. The molecular weight excluding hydrogens is 400 g/mol. The van der Waals surface area contributed by atoms with Crippen molar-refractivity contribution in [2.24, 2.45) is 5.73 Å². The minimum Gasteiger partial charge on any atom is -0.493 e. The molecule has 2 rings (SSSR count). The van der Waals surface area contributed by atoms with Crippen molar-refractivity contribution < 1.29 is 17.9 Å². The summed E-state index contributed by atoms with van der Waals surface area (Å²) in [6.45, 7) is 0.881. The average Bonchev–Trinajstić information content (AvgIpc) is 2.64. The van der Waals surface area contributed by atoms with Gasteiger partial charge in [0.15, 0.2) is 9.84 Å². The number of nitrogens with zero attached hydrogens (tertiary/aromatic N) is 1. The molecule has 0 heterocycles. The van der Waals surface area contributed by atoms with Crippen LogP contribution in [0.15, 0.2) is 59.5 Å². The van der Waals surface area contributed by atoms with Crippen LogP contribution in [0, 0.1) is 0 Å². The molecule has 0 aliphatic rings. The van der Waals surface area contributed by atoms with E-state index >= 15 is 0 Å². The molecule has 8 heteroatoms. The highest BCUT2D eigenvalue weighted by atomic mass is 35.5. The summed E-state index contributed by atoms with van der Waals surface area (Å²) in [4.78, 5) is 14.2. The van der Waals surface area contributed by atoms with Gasteiger partial charge in [-0.3, -0.25) is 4.79 Å². The van der Waals surface area contributed by atoms with E-state index in [0.717, 1.165) is 11.8 Å². The predicted octanol–water partition coefficient (Wildman–Crippen LogP) is 2.31. The summed E-state index contributed by atoms with van der Waals surface area (Å²) >= 11 is 0. The quantitative estimate of drug-likeness (QED) is 0.621. The van der Waals surface area contributed by atoms with E-state index in [4.69, 9.17) is 10.5 Å². The van der Waals surface area contributed by atoms with Crippen LogP contribution in [0.25, 0.3) is 0 Å². The second-order valence-electron chi connectivity index (χ2n) is 6.51. The average molecular weight is 427 g/mol. The summed E-state index contributed by atoms with van der Waals surface area (Å²) in [6.07, 6.45) is 2.27. The highest BCUT2D eigenvalue weighted by molar-refractivity contribution is 7.90. The lowest BCUT2D eigenvalue weighted by molar-refractivity contribution is -0.131. The summed E-state index contributed by atoms with van der Waals surface area (Å²) in [5.41, 5.74) is 7.05. The zero-order valence-electron chi connectivity index (χ0n) is 16.1. The molecule has 0 saturated carbocycles. The van der Waals surface area contributed by atoms with E-state index in [2.05, 4.69) is 0 Å². The highest BCUT2D eigenvalue weighted by Gasteiger charge is 2.18. The van der Waals surface area contributed by atoms with E-state index < -0.39 is 15.9 Å². The zero-order chi connectivity index (χ0) is 19.9. The first-order valence-corrected chi connectivity index (χ1v) is 10.6. The lowest BCUT2D eigenvalue weighted by Gasteiger charge is -2.21. The molecule has 0 radical (unpaired) electrons. The van der Waals surface area contributed by atoms with Gasteiger partial charge in [-0.2, -0.15) is 0 Å². The molecule has 1 atom stereocenters.